The molecule has 2 heterocycles. The van der Waals surface area contributed by atoms with Crippen LogP contribution in [0.25, 0.3) is 0 Å². The zero-order chi connectivity index (χ0) is 26.6. The number of amides is 2. The molecule has 2 aromatic carbocycles. The van der Waals surface area contributed by atoms with Crippen molar-refractivity contribution in [2.75, 3.05) is 51.2 Å². The van der Waals surface area contributed by atoms with Crippen molar-refractivity contribution >= 4 is 45.6 Å². The fraction of sp³-hybridized carbons (Fsp3) is 0.500. The molecule has 0 spiro atoms. The second kappa shape index (κ2) is 13.1. The first-order chi connectivity index (χ1) is 17.7. The van der Waals surface area contributed by atoms with Gasteiger partial charge in [0.1, 0.15) is 0 Å². The number of sulfone groups is 1. The minimum atomic E-state index is -3.26. The fourth-order valence-corrected chi connectivity index (χ4v) is 7.34. The largest absolute Gasteiger partial charge is 0.493 e. The molecule has 2 atom stereocenters. The SMILES string of the molecule is COc1cc(NC(=O)N[C@H]2CS(=O)(=O)C[C@@H]2N2CCC(Cc3ccc(Cl)cc3)CC2)cc(OC)c1OC.Cl. The van der Waals surface area contributed by atoms with Crippen LogP contribution in [0.2, 0.25) is 5.02 Å². The van der Waals surface area contributed by atoms with Gasteiger partial charge in [0.15, 0.2) is 21.3 Å². The first kappa shape index (κ1) is 30.1. The number of likely N-dealkylation sites (tertiary alicyclic amines) is 1. The third kappa shape index (κ3) is 7.37. The van der Waals surface area contributed by atoms with Gasteiger partial charge in [0.05, 0.1) is 44.6 Å². The van der Waals surface area contributed by atoms with Crippen LogP contribution in [0, 0.1) is 5.92 Å². The summed E-state index contributed by atoms with van der Waals surface area (Å²) in [5, 5.41) is 6.39. The summed E-state index contributed by atoms with van der Waals surface area (Å²) < 4.78 is 41.1. The first-order valence-corrected chi connectivity index (χ1v) is 14.5. The Morgan fingerprint density at radius 1 is 1.00 bits per heavy atom. The number of benzene rings is 2. The number of halogens is 2. The highest BCUT2D eigenvalue weighted by atomic mass is 35.5. The van der Waals surface area contributed by atoms with Crippen LogP contribution < -0.4 is 24.8 Å². The molecule has 2 fully saturated rings. The molecule has 2 saturated heterocycles. The number of piperidine rings is 1. The molecule has 2 aromatic rings. The summed E-state index contributed by atoms with van der Waals surface area (Å²) in [7, 11) is 1.23. The Hall–Kier alpha value is -2.40. The van der Waals surface area contributed by atoms with Crippen LogP contribution in [0.4, 0.5) is 10.5 Å². The van der Waals surface area contributed by atoms with E-state index in [1.165, 1.54) is 26.9 Å². The summed E-state index contributed by atoms with van der Waals surface area (Å²) in [4.78, 5) is 15.1. The second-order valence-corrected chi connectivity index (χ2v) is 12.2. The van der Waals surface area contributed by atoms with Crippen LogP contribution in [0.3, 0.4) is 0 Å². The van der Waals surface area contributed by atoms with E-state index < -0.39 is 21.9 Å². The zero-order valence-electron chi connectivity index (χ0n) is 21.7. The molecule has 9 nitrogen and oxygen atoms in total. The molecule has 2 amide bonds. The van der Waals surface area contributed by atoms with Gasteiger partial charge in [0.25, 0.3) is 0 Å². The Balaban J connectivity index is 0.00000400. The van der Waals surface area contributed by atoms with Gasteiger partial charge >= 0.3 is 6.03 Å². The number of hydrogen-bond acceptors (Lipinski definition) is 7. The highest BCUT2D eigenvalue weighted by Gasteiger charge is 2.42. The average Bonchev–Trinajstić information content (AvgIpc) is 3.18. The summed E-state index contributed by atoms with van der Waals surface area (Å²) in [5.41, 5.74) is 1.70. The smallest absolute Gasteiger partial charge is 0.319 e. The van der Waals surface area contributed by atoms with Gasteiger partial charge in [0.2, 0.25) is 5.75 Å². The molecule has 2 N–H and O–H groups in total. The van der Waals surface area contributed by atoms with Crippen molar-refractivity contribution in [3.05, 3.63) is 47.0 Å². The van der Waals surface area contributed by atoms with Crippen molar-refractivity contribution in [1.29, 1.82) is 0 Å². The summed E-state index contributed by atoms with van der Waals surface area (Å²) >= 11 is 6.00. The van der Waals surface area contributed by atoms with Gasteiger partial charge < -0.3 is 24.8 Å². The van der Waals surface area contributed by atoms with Crippen LogP contribution in [0.5, 0.6) is 17.2 Å². The monoisotopic (exact) mass is 587 g/mol. The van der Waals surface area contributed by atoms with Crippen molar-refractivity contribution in [2.45, 2.75) is 31.3 Å². The predicted molar refractivity (Wildman–Crippen MR) is 151 cm³/mol. The number of carbonyl (C=O) groups is 1. The van der Waals surface area contributed by atoms with Crippen LogP contribution in [0.15, 0.2) is 36.4 Å². The van der Waals surface area contributed by atoms with E-state index in [1.54, 1.807) is 12.1 Å². The molecule has 0 radical (unpaired) electrons. The summed E-state index contributed by atoms with van der Waals surface area (Å²) in [5.74, 6) is 1.72. The Morgan fingerprint density at radius 2 is 1.61 bits per heavy atom. The molecule has 2 aliphatic heterocycles. The molecule has 210 valence electrons. The van der Waals surface area contributed by atoms with Crippen LogP contribution in [-0.2, 0) is 16.3 Å². The number of nitrogens with zero attached hydrogens (tertiary/aromatic N) is 1. The lowest BCUT2D eigenvalue weighted by atomic mass is 9.89. The van der Waals surface area contributed by atoms with Crippen molar-refractivity contribution in [2.24, 2.45) is 5.92 Å². The van der Waals surface area contributed by atoms with E-state index in [0.717, 1.165) is 37.4 Å². The number of methoxy groups -OCH3 is 3. The Morgan fingerprint density at radius 3 is 2.16 bits per heavy atom. The molecule has 4 rings (SSSR count). The minimum absolute atomic E-state index is 0. The fourth-order valence-electron chi connectivity index (χ4n) is 5.26. The Bertz CT molecular complexity index is 1180. The molecule has 0 saturated carbocycles. The second-order valence-electron chi connectivity index (χ2n) is 9.57. The maximum absolute atomic E-state index is 12.9. The Kier molecular flexibility index (Phi) is 10.4. The van der Waals surface area contributed by atoms with E-state index in [2.05, 4.69) is 27.7 Å². The lowest BCUT2D eigenvalue weighted by Gasteiger charge is -2.38. The van der Waals surface area contributed by atoms with Crippen LogP contribution in [-0.4, -0.2) is 77.4 Å². The quantitative estimate of drug-likeness (QED) is 0.480. The van der Waals surface area contributed by atoms with Crippen LogP contribution >= 0.6 is 24.0 Å². The molecule has 0 aromatic heterocycles. The maximum atomic E-state index is 12.9. The van der Waals surface area contributed by atoms with E-state index in [0.29, 0.717) is 28.9 Å². The lowest BCUT2D eigenvalue weighted by molar-refractivity contribution is 0.128. The van der Waals surface area contributed by atoms with Crippen molar-refractivity contribution in [1.82, 2.24) is 10.2 Å². The molecule has 0 aliphatic carbocycles. The van der Waals surface area contributed by atoms with E-state index >= 15 is 0 Å². The highest BCUT2D eigenvalue weighted by Crippen LogP contribution is 2.40. The normalized spacial score (nSPS) is 21.3. The molecule has 12 heteroatoms. The van der Waals surface area contributed by atoms with Gasteiger partial charge in [-0.25, -0.2) is 13.2 Å². The molecular formula is C26H35Cl2N3O6S. The number of nitrogens with one attached hydrogen (secondary N) is 2. The number of anilines is 1. The van der Waals surface area contributed by atoms with Gasteiger partial charge in [-0.05, 0) is 56.0 Å². The van der Waals surface area contributed by atoms with Gasteiger partial charge in [-0.3, -0.25) is 4.90 Å². The highest BCUT2D eigenvalue weighted by molar-refractivity contribution is 7.91. The maximum Gasteiger partial charge on any atom is 0.319 e. The van der Waals surface area contributed by atoms with Crippen molar-refractivity contribution in [3.8, 4) is 17.2 Å². The minimum Gasteiger partial charge on any atom is -0.493 e. The van der Waals surface area contributed by atoms with Gasteiger partial charge in [-0.1, -0.05) is 23.7 Å². The van der Waals surface area contributed by atoms with E-state index in [1.807, 2.05) is 12.1 Å². The lowest BCUT2D eigenvalue weighted by Crippen LogP contribution is -2.54. The topological polar surface area (TPSA) is 106 Å². The molecule has 0 unspecified atom stereocenters. The van der Waals surface area contributed by atoms with Crippen molar-refractivity contribution < 1.29 is 27.4 Å². The van der Waals surface area contributed by atoms with E-state index in [9.17, 15) is 13.2 Å². The third-order valence-electron chi connectivity index (χ3n) is 7.12. The van der Waals surface area contributed by atoms with Gasteiger partial charge in [-0.2, -0.15) is 0 Å². The summed E-state index contributed by atoms with van der Waals surface area (Å²) in [6.07, 6.45) is 2.93. The first-order valence-electron chi connectivity index (χ1n) is 12.3. The number of rotatable bonds is 8. The average molecular weight is 589 g/mol. The number of urea groups is 1. The third-order valence-corrected chi connectivity index (χ3v) is 9.09. The number of ether oxygens (including phenoxy) is 3. The van der Waals surface area contributed by atoms with E-state index in [-0.39, 0.29) is 30.0 Å². The van der Waals surface area contributed by atoms with Gasteiger partial charge in [0, 0.05) is 23.2 Å². The predicted octanol–water partition coefficient (Wildman–Crippen LogP) is 4.03. The van der Waals surface area contributed by atoms with E-state index in [4.69, 9.17) is 25.8 Å². The van der Waals surface area contributed by atoms with Crippen LogP contribution in [0.1, 0.15) is 18.4 Å². The molecule has 38 heavy (non-hydrogen) atoms. The van der Waals surface area contributed by atoms with Crippen molar-refractivity contribution in [3.63, 3.8) is 0 Å². The standard InChI is InChI=1S/C26H34ClN3O6S.ClH/c1-34-23-13-20(14-24(35-2)25(23)36-3)28-26(31)29-21-15-37(32,33)16-22(21)30-10-8-18(9-11-30)12-17-4-6-19(27)7-5-17;/h4-7,13-14,18,21-22H,8-12,15-16H2,1-3H3,(H2,28,29,31);1H/t21-,22-;/m0./s1. The summed E-state index contributed by atoms with van der Waals surface area (Å²) in [6, 6.07) is 9.94. The number of carbonyl (C=O) groups excluding carboxylic acids is 1. The molecular weight excluding hydrogens is 553 g/mol. The molecule has 2 aliphatic rings. The molecule has 0 bridgehead atoms. The van der Waals surface area contributed by atoms with Gasteiger partial charge in [-0.15, -0.1) is 12.4 Å². The Labute approximate surface area is 235 Å². The zero-order valence-corrected chi connectivity index (χ0v) is 24.1. The number of hydrogen-bond donors (Lipinski definition) is 2. The summed E-state index contributed by atoms with van der Waals surface area (Å²) in [6.45, 7) is 1.59.